The molecule has 1 fully saturated rings. The van der Waals surface area contributed by atoms with Crippen molar-refractivity contribution in [2.75, 3.05) is 18.4 Å². The van der Waals surface area contributed by atoms with E-state index >= 15 is 0 Å². The van der Waals surface area contributed by atoms with Crippen molar-refractivity contribution in [1.29, 1.82) is 0 Å². The average molecular weight is 398 g/mol. The van der Waals surface area contributed by atoms with Gasteiger partial charge < -0.3 is 15.3 Å². The van der Waals surface area contributed by atoms with E-state index in [1.165, 1.54) is 10.9 Å². The van der Waals surface area contributed by atoms with Crippen molar-refractivity contribution in [3.63, 3.8) is 0 Å². The van der Waals surface area contributed by atoms with Crippen LogP contribution in [0.5, 0.6) is 0 Å². The molecule has 154 valence electrons. The lowest BCUT2D eigenvalue weighted by Gasteiger charge is -2.32. The third kappa shape index (κ3) is 4.47. The third-order valence-corrected chi connectivity index (χ3v) is 5.27. The summed E-state index contributed by atoms with van der Waals surface area (Å²) in [5.41, 5.74) is 1.95. The quantitative estimate of drug-likeness (QED) is 0.806. The van der Waals surface area contributed by atoms with E-state index in [9.17, 15) is 19.5 Å². The summed E-state index contributed by atoms with van der Waals surface area (Å²) in [4.78, 5) is 37.8. The average Bonchev–Trinajstić information content (AvgIpc) is 3.09. The Bertz CT molecular complexity index is 927. The maximum atomic E-state index is 12.7. The van der Waals surface area contributed by atoms with Gasteiger partial charge in [0, 0.05) is 30.6 Å². The zero-order valence-electron chi connectivity index (χ0n) is 16.9. The summed E-state index contributed by atoms with van der Waals surface area (Å²) in [6.45, 7) is 6.65. The van der Waals surface area contributed by atoms with Crippen LogP contribution in [0.4, 0.5) is 5.69 Å². The minimum atomic E-state index is -1.03. The van der Waals surface area contributed by atoms with Crippen molar-refractivity contribution in [2.24, 2.45) is 11.8 Å². The Labute approximate surface area is 169 Å². The van der Waals surface area contributed by atoms with Crippen molar-refractivity contribution in [2.45, 2.75) is 33.6 Å². The predicted octanol–water partition coefficient (Wildman–Crippen LogP) is 2.71. The number of amides is 2. The Hall–Kier alpha value is -3.16. The first-order chi connectivity index (χ1) is 13.8. The summed E-state index contributed by atoms with van der Waals surface area (Å²) in [5, 5.41) is 16.3. The molecule has 1 aromatic heterocycles. The fourth-order valence-corrected chi connectivity index (χ4v) is 3.57. The zero-order chi connectivity index (χ0) is 21.1. The van der Waals surface area contributed by atoms with Gasteiger partial charge in [-0.15, -0.1) is 0 Å². The molecular weight excluding hydrogens is 372 g/mol. The molecule has 0 saturated carbocycles. The van der Waals surface area contributed by atoms with Gasteiger partial charge in [-0.1, -0.05) is 19.9 Å². The van der Waals surface area contributed by atoms with E-state index in [0.29, 0.717) is 43.0 Å². The maximum absolute atomic E-state index is 12.7. The number of carboxylic acid groups (broad SMARTS) is 1. The monoisotopic (exact) mass is 398 g/mol. The fourth-order valence-electron chi connectivity index (χ4n) is 3.57. The number of piperidine rings is 1. The summed E-state index contributed by atoms with van der Waals surface area (Å²) in [6, 6.07) is 7.14. The van der Waals surface area contributed by atoms with Crippen LogP contribution in [-0.4, -0.2) is 50.7 Å². The first-order valence-electron chi connectivity index (χ1n) is 9.76. The zero-order valence-corrected chi connectivity index (χ0v) is 16.9. The van der Waals surface area contributed by atoms with Gasteiger partial charge in [0.25, 0.3) is 0 Å². The van der Waals surface area contributed by atoms with Gasteiger partial charge in [-0.2, -0.15) is 5.10 Å². The topological polar surface area (TPSA) is 105 Å². The van der Waals surface area contributed by atoms with Gasteiger partial charge in [0.1, 0.15) is 5.56 Å². The van der Waals surface area contributed by atoms with Gasteiger partial charge in [0.2, 0.25) is 11.8 Å². The molecule has 2 heterocycles. The number of aromatic nitrogens is 2. The molecule has 8 heteroatoms. The normalized spacial score (nSPS) is 14.8. The Balaban J connectivity index is 1.66. The van der Waals surface area contributed by atoms with Gasteiger partial charge >= 0.3 is 5.97 Å². The molecule has 3 rings (SSSR count). The largest absolute Gasteiger partial charge is 0.478 e. The number of rotatable bonds is 5. The van der Waals surface area contributed by atoms with Crippen molar-refractivity contribution in [3.8, 4) is 5.69 Å². The van der Waals surface area contributed by atoms with Crippen LogP contribution in [0.15, 0.2) is 30.5 Å². The first-order valence-corrected chi connectivity index (χ1v) is 9.76. The number of carbonyl (C=O) groups is 3. The number of benzene rings is 1. The molecule has 2 N–H and O–H groups in total. The van der Waals surface area contributed by atoms with Gasteiger partial charge in [0.05, 0.1) is 17.6 Å². The van der Waals surface area contributed by atoms with E-state index in [2.05, 4.69) is 10.4 Å². The number of carbonyl (C=O) groups excluding carboxylic acids is 2. The molecule has 2 amide bonds. The van der Waals surface area contributed by atoms with Gasteiger partial charge in [-0.3, -0.25) is 9.59 Å². The van der Waals surface area contributed by atoms with E-state index < -0.39 is 5.97 Å². The number of hydrogen-bond acceptors (Lipinski definition) is 4. The highest BCUT2D eigenvalue weighted by Gasteiger charge is 2.28. The van der Waals surface area contributed by atoms with E-state index in [-0.39, 0.29) is 29.2 Å². The molecule has 1 aliphatic heterocycles. The lowest BCUT2D eigenvalue weighted by molar-refractivity contribution is -0.137. The van der Waals surface area contributed by atoms with E-state index in [1.807, 2.05) is 18.7 Å². The summed E-state index contributed by atoms with van der Waals surface area (Å²) >= 11 is 0. The van der Waals surface area contributed by atoms with E-state index in [1.54, 1.807) is 31.2 Å². The van der Waals surface area contributed by atoms with E-state index in [4.69, 9.17) is 0 Å². The standard InChI is InChI=1S/C21H26N4O4/c1-13(2)20(27)24-9-7-15(8-10-24)19(26)23-16-5-4-6-17(11-16)25-14(3)18(12-22-25)21(28)29/h4-6,11-13,15H,7-10H2,1-3H3,(H,23,26)(H,28,29). The molecule has 0 unspecified atom stereocenters. The second-order valence-corrected chi connectivity index (χ2v) is 7.65. The molecule has 0 spiro atoms. The molecule has 1 aromatic carbocycles. The molecule has 2 aromatic rings. The molecule has 0 radical (unpaired) electrons. The van der Waals surface area contributed by atoms with Crippen LogP contribution in [0.3, 0.4) is 0 Å². The molecule has 29 heavy (non-hydrogen) atoms. The molecule has 8 nitrogen and oxygen atoms in total. The smallest absolute Gasteiger partial charge is 0.339 e. The second kappa shape index (κ2) is 8.46. The highest BCUT2D eigenvalue weighted by Crippen LogP contribution is 2.22. The highest BCUT2D eigenvalue weighted by atomic mass is 16.4. The van der Waals surface area contributed by atoms with Gasteiger partial charge in [-0.05, 0) is 38.0 Å². The predicted molar refractivity (Wildman–Crippen MR) is 108 cm³/mol. The number of hydrogen-bond donors (Lipinski definition) is 2. The number of aromatic carboxylic acids is 1. The molecule has 0 bridgehead atoms. The Kier molecular flexibility index (Phi) is 6.00. The van der Waals surface area contributed by atoms with Crippen LogP contribution in [0.2, 0.25) is 0 Å². The Morgan fingerprint density at radius 3 is 2.48 bits per heavy atom. The van der Waals surface area contributed by atoms with Crippen LogP contribution in [-0.2, 0) is 9.59 Å². The van der Waals surface area contributed by atoms with Crippen LogP contribution >= 0.6 is 0 Å². The van der Waals surface area contributed by atoms with Crippen LogP contribution in [0.1, 0.15) is 42.7 Å². The van der Waals surface area contributed by atoms with Crippen LogP contribution in [0.25, 0.3) is 5.69 Å². The molecule has 1 saturated heterocycles. The SMILES string of the molecule is Cc1c(C(=O)O)cnn1-c1cccc(NC(=O)C2CCN(C(=O)C(C)C)CC2)c1. The summed E-state index contributed by atoms with van der Waals surface area (Å²) in [7, 11) is 0. The lowest BCUT2D eigenvalue weighted by atomic mass is 9.95. The summed E-state index contributed by atoms with van der Waals surface area (Å²) in [6.07, 6.45) is 2.60. The highest BCUT2D eigenvalue weighted by molar-refractivity contribution is 5.93. The summed E-state index contributed by atoms with van der Waals surface area (Å²) < 4.78 is 1.54. The maximum Gasteiger partial charge on any atom is 0.339 e. The number of nitrogens with one attached hydrogen (secondary N) is 1. The van der Waals surface area contributed by atoms with Gasteiger partial charge in [0.15, 0.2) is 0 Å². The Morgan fingerprint density at radius 2 is 1.90 bits per heavy atom. The number of anilines is 1. The number of likely N-dealkylation sites (tertiary alicyclic amines) is 1. The molecular formula is C21H26N4O4. The lowest BCUT2D eigenvalue weighted by Crippen LogP contribution is -2.43. The minimum absolute atomic E-state index is 0.0319. The van der Waals surface area contributed by atoms with Crippen molar-refractivity contribution >= 4 is 23.5 Å². The van der Waals surface area contributed by atoms with Gasteiger partial charge in [-0.25, -0.2) is 9.48 Å². The van der Waals surface area contributed by atoms with E-state index in [0.717, 1.165) is 0 Å². The molecule has 0 aliphatic carbocycles. The minimum Gasteiger partial charge on any atom is -0.478 e. The van der Waals surface area contributed by atoms with Crippen molar-refractivity contribution in [1.82, 2.24) is 14.7 Å². The van der Waals surface area contributed by atoms with Crippen molar-refractivity contribution < 1.29 is 19.5 Å². The van der Waals surface area contributed by atoms with Crippen LogP contribution in [0, 0.1) is 18.8 Å². The van der Waals surface area contributed by atoms with Crippen molar-refractivity contribution in [3.05, 3.63) is 41.7 Å². The number of carboxylic acids is 1. The third-order valence-electron chi connectivity index (χ3n) is 5.27. The fraction of sp³-hybridized carbons (Fsp3) is 0.429. The summed E-state index contributed by atoms with van der Waals surface area (Å²) in [5.74, 6) is -1.13. The first kappa shape index (κ1) is 20.6. The Morgan fingerprint density at radius 1 is 1.21 bits per heavy atom. The molecule has 0 atom stereocenters. The second-order valence-electron chi connectivity index (χ2n) is 7.65. The number of nitrogens with zero attached hydrogens (tertiary/aromatic N) is 3. The van der Waals surface area contributed by atoms with Crippen LogP contribution < -0.4 is 5.32 Å². The molecule has 1 aliphatic rings.